The highest BCUT2D eigenvalue weighted by Gasteiger charge is 2.19. The van der Waals surface area contributed by atoms with Crippen LogP contribution in [0.3, 0.4) is 0 Å². The van der Waals surface area contributed by atoms with E-state index in [1.165, 1.54) is 31.4 Å². The Labute approximate surface area is 157 Å². The van der Waals surface area contributed by atoms with Crippen molar-refractivity contribution >= 4 is 23.6 Å². The number of hydrogen-bond acceptors (Lipinski definition) is 3. The first-order chi connectivity index (χ1) is 13.1. The lowest BCUT2D eigenvalue weighted by Crippen LogP contribution is -2.27. The third-order valence-corrected chi connectivity index (χ3v) is 4.37. The second-order valence-corrected chi connectivity index (χ2v) is 6.30. The summed E-state index contributed by atoms with van der Waals surface area (Å²) in [5, 5.41) is 2.72. The van der Waals surface area contributed by atoms with Gasteiger partial charge in [-0.15, -0.1) is 0 Å². The fourth-order valence-corrected chi connectivity index (χ4v) is 2.97. The van der Waals surface area contributed by atoms with E-state index >= 15 is 0 Å². The number of amides is 2. The van der Waals surface area contributed by atoms with Crippen molar-refractivity contribution in [2.45, 2.75) is 12.8 Å². The molecule has 1 saturated heterocycles. The molecule has 6 heteroatoms. The number of anilines is 1. The van der Waals surface area contributed by atoms with Crippen molar-refractivity contribution in [3.05, 3.63) is 65.5 Å². The lowest BCUT2D eigenvalue weighted by atomic mass is 10.1. The number of carbonyl (C=O) groups excluding carboxylic acids is 2. The van der Waals surface area contributed by atoms with Crippen LogP contribution in [0.5, 0.6) is 5.75 Å². The van der Waals surface area contributed by atoms with E-state index in [4.69, 9.17) is 4.74 Å². The lowest BCUT2D eigenvalue weighted by molar-refractivity contribution is -0.111. The Morgan fingerprint density at radius 2 is 1.93 bits per heavy atom. The van der Waals surface area contributed by atoms with Gasteiger partial charge in [-0.3, -0.25) is 9.59 Å². The van der Waals surface area contributed by atoms with Crippen molar-refractivity contribution in [1.29, 1.82) is 0 Å². The highest BCUT2D eigenvalue weighted by atomic mass is 19.1. The first-order valence-electron chi connectivity index (χ1n) is 8.79. The average Bonchev–Trinajstić information content (AvgIpc) is 3.21. The number of halogens is 1. The van der Waals surface area contributed by atoms with Crippen molar-refractivity contribution in [3.8, 4) is 5.75 Å². The molecule has 1 aliphatic heterocycles. The molecule has 140 valence electrons. The maximum Gasteiger partial charge on any atom is 0.253 e. The van der Waals surface area contributed by atoms with Gasteiger partial charge in [-0.2, -0.15) is 0 Å². The van der Waals surface area contributed by atoms with Crippen LogP contribution in [0, 0.1) is 5.82 Å². The molecule has 3 rings (SSSR count). The van der Waals surface area contributed by atoms with Gasteiger partial charge in [0, 0.05) is 30.4 Å². The van der Waals surface area contributed by atoms with Gasteiger partial charge in [-0.1, -0.05) is 12.1 Å². The zero-order chi connectivity index (χ0) is 19.2. The molecule has 0 bridgehead atoms. The molecule has 0 saturated carbocycles. The third kappa shape index (κ3) is 4.73. The van der Waals surface area contributed by atoms with E-state index in [0.29, 0.717) is 16.8 Å². The Balaban J connectivity index is 1.64. The Hall–Kier alpha value is -3.15. The third-order valence-electron chi connectivity index (χ3n) is 4.37. The molecule has 1 heterocycles. The molecular weight excluding hydrogens is 347 g/mol. The second-order valence-electron chi connectivity index (χ2n) is 6.30. The quantitative estimate of drug-likeness (QED) is 0.819. The highest BCUT2D eigenvalue weighted by Crippen LogP contribution is 2.19. The van der Waals surface area contributed by atoms with E-state index < -0.39 is 5.82 Å². The van der Waals surface area contributed by atoms with Crippen LogP contribution in [-0.2, 0) is 4.79 Å². The van der Waals surface area contributed by atoms with E-state index in [1.807, 2.05) is 4.90 Å². The molecule has 27 heavy (non-hydrogen) atoms. The van der Waals surface area contributed by atoms with Gasteiger partial charge in [0.25, 0.3) is 5.91 Å². The van der Waals surface area contributed by atoms with Crippen molar-refractivity contribution in [2.24, 2.45) is 0 Å². The van der Waals surface area contributed by atoms with E-state index in [0.717, 1.165) is 25.9 Å². The first-order valence-corrected chi connectivity index (χ1v) is 8.79. The van der Waals surface area contributed by atoms with Crippen LogP contribution in [0.25, 0.3) is 6.08 Å². The zero-order valence-electron chi connectivity index (χ0n) is 15.1. The molecule has 1 aliphatic rings. The Bertz CT molecular complexity index is 873. The van der Waals surface area contributed by atoms with Crippen LogP contribution in [0.4, 0.5) is 10.1 Å². The predicted octanol–water partition coefficient (Wildman–Crippen LogP) is 3.72. The van der Waals surface area contributed by atoms with E-state index in [9.17, 15) is 14.0 Å². The van der Waals surface area contributed by atoms with Gasteiger partial charge in [0.15, 0.2) is 11.6 Å². The van der Waals surface area contributed by atoms with E-state index in [1.54, 1.807) is 30.3 Å². The standard InChI is InChI=1S/C21H21FN2O3/c1-27-19-9-7-15(13-18(19)22)8-10-20(25)23-17-6-4-5-16(14-17)21(26)24-11-2-3-12-24/h4-10,13-14H,2-3,11-12H2,1H3,(H,23,25)/b10-8+. The minimum absolute atomic E-state index is 0.0205. The van der Waals surface area contributed by atoms with Crippen molar-refractivity contribution in [2.75, 3.05) is 25.5 Å². The molecule has 5 nitrogen and oxygen atoms in total. The summed E-state index contributed by atoms with van der Waals surface area (Å²) in [4.78, 5) is 26.4. The molecule has 0 aromatic heterocycles. The van der Waals surface area contributed by atoms with Crippen LogP contribution in [0.15, 0.2) is 48.5 Å². The fourth-order valence-electron chi connectivity index (χ4n) is 2.97. The molecule has 1 fully saturated rings. The number of nitrogens with zero attached hydrogens (tertiary/aromatic N) is 1. The number of nitrogens with one attached hydrogen (secondary N) is 1. The number of rotatable bonds is 5. The lowest BCUT2D eigenvalue weighted by Gasteiger charge is -2.15. The van der Waals surface area contributed by atoms with Crippen molar-refractivity contribution in [3.63, 3.8) is 0 Å². The number of ether oxygens (including phenoxy) is 1. The van der Waals surface area contributed by atoms with Gasteiger partial charge in [0.2, 0.25) is 5.91 Å². The summed E-state index contributed by atoms with van der Waals surface area (Å²) < 4.78 is 18.5. The predicted molar refractivity (Wildman–Crippen MR) is 102 cm³/mol. The van der Waals surface area contributed by atoms with E-state index in [-0.39, 0.29) is 17.6 Å². The Morgan fingerprint density at radius 3 is 2.63 bits per heavy atom. The van der Waals surface area contributed by atoms with Crippen molar-refractivity contribution < 1.29 is 18.7 Å². The van der Waals surface area contributed by atoms with Gasteiger partial charge >= 0.3 is 0 Å². The highest BCUT2D eigenvalue weighted by molar-refractivity contribution is 6.03. The summed E-state index contributed by atoms with van der Waals surface area (Å²) >= 11 is 0. The number of hydrogen-bond donors (Lipinski definition) is 1. The SMILES string of the molecule is COc1ccc(/C=C/C(=O)Nc2cccc(C(=O)N3CCCC3)c2)cc1F. The normalized spacial score (nSPS) is 13.8. The molecule has 2 amide bonds. The Kier molecular flexibility index (Phi) is 5.86. The van der Waals surface area contributed by atoms with Gasteiger partial charge in [-0.25, -0.2) is 4.39 Å². The average molecular weight is 368 g/mol. The molecule has 0 aliphatic carbocycles. The Morgan fingerprint density at radius 1 is 1.15 bits per heavy atom. The van der Waals surface area contributed by atoms with Crippen LogP contribution in [0.1, 0.15) is 28.8 Å². The number of carbonyl (C=O) groups is 2. The van der Waals surface area contributed by atoms with Gasteiger partial charge in [0.1, 0.15) is 0 Å². The molecule has 2 aromatic carbocycles. The maximum atomic E-state index is 13.7. The molecule has 0 radical (unpaired) electrons. The topological polar surface area (TPSA) is 58.6 Å². The van der Waals surface area contributed by atoms with Crippen LogP contribution in [-0.4, -0.2) is 36.9 Å². The number of benzene rings is 2. The summed E-state index contributed by atoms with van der Waals surface area (Å²) in [5.74, 6) is -0.728. The molecule has 0 unspecified atom stereocenters. The maximum absolute atomic E-state index is 13.7. The summed E-state index contributed by atoms with van der Waals surface area (Å²) in [5.41, 5.74) is 1.63. The number of methoxy groups -OCH3 is 1. The number of likely N-dealkylation sites (tertiary alicyclic amines) is 1. The monoisotopic (exact) mass is 368 g/mol. The minimum Gasteiger partial charge on any atom is -0.494 e. The van der Waals surface area contributed by atoms with E-state index in [2.05, 4.69) is 5.32 Å². The molecule has 0 spiro atoms. The zero-order valence-corrected chi connectivity index (χ0v) is 15.1. The van der Waals surface area contributed by atoms with Crippen LogP contribution >= 0.6 is 0 Å². The summed E-state index contributed by atoms with van der Waals surface area (Å²) in [6.45, 7) is 1.55. The minimum atomic E-state index is -0.492. The van der Waals surface area contributed by atoms with Crippen LogP contribution < -0.4 is 10.1 Å². The molecule has 1 N–H and O–H groups in total. The molecule has 0 atom stereocenters. The summed E-state index contributed by atoms with van der Waals surface area (Å²) in [6, 6.07) is 11.3. The van der Waals surface area contributed by atoms with Gasteiger partial charge < -0.3 is 15.0 Å². The smallest absolute Gasteiger partial charge is 0.253 e. The first kappa shape index (κ1) is 18.6. The molecular formula is C21H21FN2O3. The van der Waals surface area contributed by atoms with Crippen molar-refractivity contribution in [1.82, 2.24) is 4.90 Å². The fraction of sp³-hybridized carbons (Fsp3) is 0.238. The summed E-state index contributed by atoms with van der Waals surface area (Å²) in [7, 11) is 1.39. The van der Waals surface area contributed by atoms with Crippen LogP contribution in [0.2, 0.25) is 0 Å². The summed E-state index contributed by atoms with van der Waals surface area (Å²) in [6.07, 6.45) is 4.88. The van der Waals surface area contributed by atoms with Gasteiger partial charge in [0.05, 0.1) is 7.11 Å². The second kappa shape index (κ2) is 8.49. The largest absolute Gasteiger partial charge is 0.494 e. The van der Waals surface area contributed by atoms with Gasteiger partial charge in [-0.05, 0) is 54.8 Å². The molecule has 2 aromatic rings.